The summed E-state index contributed by atoms with van der Waals surface area (Å²) < 4.78 is 15.8. The third-order valence-corrected chi connectivity index (χ3v) is 4.57. The summed E-state index contributed by atoms with van der Waals surface area (Å²) in [5, 5.41) is 11.2. The van der Waals surface area contributed by atoms with Crippen LogP contribution in [0, 0.1) is 16.0 Å². The molecule has 0 fully saturated rings. The molecule has 2 N–H and O–H groups in total. The van der Waals surface area contributed by atoms with Gasteiger partial charge in [0, 0.05) is 23.3 Å². The van der Waals surface area contributed by atoms with Crippen LogP contribution in [0.25, 0.3) is 0 Å². The zero-order chi connectivity index (χ0) is 25.3. The van der Waals surface area contributed by atoms with E-state index in [-0.39, 0.29) is 23.3 Å². The average molecular weight is 473 g/mol. The first-order valence-electron chi connectivity index (χ1n) is 10.5. The highest BCUT2D eigenvalue weighted by Crippen LogP contribution is 2.28. The van der Waals surface area contributed by atoms with E-state index >= 15 is 0 Å². The highest BCUT2D eigenvalue weighted by molar-refractivity contribution is 6.01. The van der Waals surface area contributed by atoms with Crippen molar-refractivity contribution in [2.24, 2.45) is 5.92 Å². The quantitative estimate of drug-likeness (QED) is 0.304. The van der Waals surface area contributed by atoms with E-state index in [1.165, 1.54) is 19.2 Å². The number of carbonyl (C=O) groups excluding carboxylic acids is 3. The number of hydrogen-bond acceptors (Lipinski definition) is 8. The topological polar surface area (TPSA) is 146 Å². The molecule has 0 aromatic heterocycles. The number of nitro groups is 1. The molecule has 2 amide bonds. The van der Waals surface area contributed by atoms with E-state index in [4.69, 9.17) is 14.2 Å². The summed E-state index contributed by atoms with van der Waals surface area (Å²) in [6, 6.07) is 7.67. The highest BCUT2D eigenvalue weighted by atomic mass is 16.6. The van der Waals surface area contributed by atoms with Crippen LogP contribution in [0.3, 0.4) is 0 Å². The number of carbonyl (C=O) groups is 3. The first kappa shape index (κ1) is 26.1. The van der Waals surface area contributed by atoms with Gasteiger partial charge in [-0.2, -0.15) is 0 Å². The van der Waals surface area contributed by atoms with E-state index in [2.05, 4.69) is 24.7 Å². The lowest BCUT2D eigenvalue weighted by Crippen LogP contribution is -2.41. The molecule has 0 unspecified atom stereocenters. The molecule has 0 atom stereocenters. The van der Waals surface area contributed by atoms with Crippen molar-refractivity contribution in [1.82, 2.24) is 10.9 Å². The number of non-ortho nitro benzene ring substituents is 1. The van der Waals surface area contributed by atoms with E-state index in [9.17, 15) is 24.5 Å². The van der Waals surface area contributed by atoms with Gasteiger partial charge in [0.1, 0.15) is 0 Å². The molecule has 0 saturated carbocycles. The maximum atomic E-state index is 12.5. The third kappa shape index (κ3) is 7.19. The predicted octanol–water partition coefficient (Wildman–Crippen LogP) is 3.28. The van der Waals surface area contributed by atoms with E-state index in [1.807, 2.05) is 0 Å². The number of rotatable bonds is 10. The largest absolute Gasteiger partial charge is 0.493 e. The van der Waals surface area contributed by atoms with Crippen LogP contribution in [0.4, 0.5) is 5.69 Å². The summed E-state index contributed by atoms with van der Waals surface area (Å²) in [7, 11) is 1.44. The van der Waals surface area contributed by atoms with Gasteiger partial charge in [-0.15, -0.1) is 0 Å². The van der Waals surface area contributed by atoms with E-state index in [0.717, 1.165) is 24.6 Å². The minimum Gasteiger partial charge on any atom is -0.493 e. The third-order valence-electron chi connectivity index (χ3n) is 4.57. The van der Waals surface area contributed by atoms with Crippen LogP contribution >= 0.6 is 0 Å². The Kier molecular flexibility index (Phi) is 9.36. The number of esters is 1. The van der Waals surface area contributed by atoms with Gasteiger partial charge in [-0.1, -0.05) is 13.8 Å². The smallest absolute Gasteiger partial charge is 0.338 e. The van der Waals surface area contributed by atoms with Crippen LogP contribution in [-0.4, -0.2) is 43.0 Å². The van der Waals surface area contributed by atoms with Gasteiger partial charge in [-0.25, -0.2) is 4.79 Å². The molecule has 0 aliphatic heterocycles. The maximum absolute atomic E-state index is 12.5. The predicted molar refractivity (Wildman–Crippen MR) is 122 cm³/mol. The summed E-state index contributed by atoms with van der Waals surface area (Å²) >= 11 is 0. The van der Waals surface area contributed by atoms with Crippen molar-refractivity contribution in [1.29, 1.82) is 0 Å². The van der Waals surface area contributed by atoms with Crippen molar-refractivity contribution >= 4 is 23.5 Å². The fraction of sp³-hybridized carbons (Fsp3) is 0.348. The van der Waals surface area contributed by atoms with Crippen molar-refractivity contribution in [3.05, 3.63) is 63.2 Å². The second kappa shape index (κ2) is 12.2. The molecular formula is C23H27N3O8. The normalized spacial score (nSPS) is 10.4. The standard InChI is InChI=1S/C23H27N3O8/c1-5-33-23(29)17-10-16(11-18(12-17)26(30)31)22(28)25-24-21(27)15-6-7-19(20(13-15)32-4)34-9-8-14(2)3/h6-7,10-14H,5,8-9H2,1-4H3,(H,24,27)(H,25,28). The molecule has 11 heteroatoms. The minimum atomic E-state index is -0.858. The summed E-state index contributed by atoms with van der Waals surface area (Å²) in [5.41, 5.74) is 3.74. The Balaban J connectivity index is 2.11. The molecular weight excluding hydrogens is 446 g/mol. The van der Waals surface area contributed by atoms with Crippen LogP contribution in [0.15, 0.2) is 36.4 Å². The lowest BCUT2D eigenvalue weighted by molar-refractivity contribution is -0.384. The summed E-state index contributed by atoms with van der Waals surface area (Å²) in [5.74, 6) is -1.03. The fourth-order valence-corrected chi connectivity index (χ4v) is 2.77. The van der Waals surface area contributed by atoms with Gasteiger partial charge < -0.3 is 14.2 Å². The molecule has 0 aliphatic rings. The monoisotopic (exact) mass is 473 g/mol. The van der Waals surface area contributed by atoms with Gasteiger partial charge in [-0.3, -0.25) is 30.6 Å². The zero-order valence-corrected chi connectivity index (χ0v) is 19.4. The van der Waals surface area contributed by atoms with E-state index in [1.54, 1.807) is 13.0 Å². The summed E-state index contributed by atoms with van der Waals surface area (Å²) in [6.45, 7) is 6.29. The number of benzene rings is 2. The Labute approximate surface area is 196 Å². The zero-order valence-electron chi connectivity index (χ0n) is 19.4. The number of nitrogens with one attached hydrogen (secondary N) is 2. The van der Waals surface area contributed by atoms with Crippen molar-refractivity contribution < 1.29 is 33.5 Å². The van der Waals surface area contributed by atoms with Gasteiger partial charge in [0.2, 0.25) is 0 Å². The maximum Gasteiger partial charge on any atom is 0.338 e. The van der Waals surface area contributed by atoms with Crippen LogP contribution in [-0.2, 0) is 4.74 Å². The molecule has 0 bridgehead atoms. The fourth-order valence-electron chi connectivity index (χ4n) is 2.77. The summed E-state index contributed by atoms with van der Waals surface area (Å²) in [6.07, 6.45) is 0.854. The molecule has 11 nitrogen and oxygen atoms in total. The number of nitro benzene ring substituents is 1. The van der Waals surface area contributed by atoms with Gasteiger partial charge in [0.05, 0.1) is 30.8 Å². The molecule has 2 rings (SSSR count). The van der Waals surface area contributed by atoms with Crippen molar-refractivity contribution in [3.8, 4) is 11.5 Å². The van der Waals surface area contributed by atoms with E-state index in [0.29, 0.717) is 24.0 Å². The Bertz CT molecular complexity index is 1070. The number of amides is 2. The van der Waals surface area contributed by atoms with E-state index < -0.39 is 28.4 Å². The second-order valence-corrected chi connectivity index (χ2v) is 7.55. The van der Waals surface area contributed by atoms with Crippen molar-refractivity contribution in [2.75, 3.05) is 20.3 Å². The molecule has 34 heavy (non-hydrogen) atoms. The molecule has 0 heterocycles. The first-order valence-corrected chi connectivity index (χ1v) is 10.5. The summed E-state index contributed by atoms with van der Waals surface area (Å²) in [4.78, 5) is 47.4. The van der Waals surface area contributed by atoms with Gasteiger partial charge in [0.15, 0.2) is 11.5 Å². The molecule has 0 radical (unpaired) electrons. The van der Waals surface area contributed by atoms with Crippen LogP contribution in [0.2, 0.25) is 0 Å². The Morgan fingerprint density at radius 1 is 0.971 bits per heavy atom. The average Bonchev–Trinajstić information content (AvgIpc) is 2.81. The molecule has 182 valence electrons. The first-order chi connectivity index (χ1) is 16.2. The highest BCUT2D eigenvalue weighted by Gasteiger charge is 2.19. The Morgan fingerprint density at radius 2 is 1.62 bits per heavy atom. The van der Waals surface area contributed by atoms with Gasteiger partial charge in [0.25, 0.3) is 17.5 Å². The SMILES string of the molecule is CCOC(=O)c1cc(C(=O)NNC(=O)c2ccc(OCCC(C)C)c(OC)c2)cc([N+](=O)[O-])c1. The van der Waals surface area contributed by atoms with Crippen molar-refractivity contribution in [3.63, 3.8) is 0 Å². The Morgan fingerprint density at radius 3 is 2.21 bits per heavy atom. The number of methoxy groups -OCH3 is 1. The number of hydrogen-bond donors (Lipinski definition) is 2. The van der Waals surface area contributed by atoms with Crippen LogP contribution in [0.5, 0.6) is 11.5 Å². The second-order valence-electron chi connectivity index (χ2n) is 7.55. The number of ether oxygens (including phenoxy) is 3. The van der Waals surface area contributed by atoms with Crippen LogP contribution < -0.4 is 20.3 Å². The molecule has 0 saturated heterocycles. The minimum absolute atomic E-state index is 0.0597. The van der Waals surface area contributed by atoms with Crippen LogP contribution in [0.1, 0.15) is 58.3 Å². The molecule has 0 spiro atoms. The molecule has 2 aromatic carbocycles. The lowest BCUT2D eigenvalue weighted by atomic mass is 10.1. The van der Waals surface area contributed by atoms with Gasteiger partial charge >= 0.3 is 5.97 Å². The number of nitrogens with zero attached hydrogens (tertiary/aromatic N) is 1. The van der Waals surface area contributed by atoms with Crippen molar-refractivity contribution in [2.45, 2.75) is 27.2 Å². The lowest BCUT2D eigenvalue weighted by Gasteiger charge is -2.13. The Hall–Kier alpha value is -4.15. The molecule has 0 aliphatic carbocycles. The van der Waals surface area contributed by atoms with Gasteiger partial charge in [-0.05, 0) is 43.5 Å². The number of hydrazine groups is 1. The molecule has 2 aromatic rings.